The van der Waals surface area contributed by atoms with Crippen LogP contribution in [0.25, 0.3) is 0 Å². The van der Waals surface area contributed by atoms with Crippen molar-refractivity contribution in [2.24, 2.45) is 0 Å². The molecule has 0 spiro atoms. The first kappa shape index (κ1) is 12.4. The number of hydrogen-bond donors (Lipinski definition) is 2. The number of nitrogens with two attached hydrogens (primary N) is 2. The Kier molecular flexibility index (Phi) is 2.65. The molecule has 90 valence electrons. The number of aromatic nitrogens is 1. The van der Waals surface area contributed by atoms with Gasteiger partial charge >= 0.3 is 12.4 Å². The zero-order valence-electron chi connectivity index (χ0n) is 7.45. The number of nitrogens with zero attached hydrogens (tertiary/aromatic N) is 1. The van der Waals surface area contributed by atoms with E-state index in [0.717, 1.165) is 0 Å². The van der Waals surface area contributed by atoms with E-state index in [1.165, 1.54) is 0 Å². The van der Waals surface area contributed by atoms with Crippen molar-refractivity contribution >= 4 is 11.6 Å². The Bertz CT molecular complexity index is 373. The molecule has 0 aliphatic heterocycles. The van der Waals surface area contributed by atoms with E-state index in [1.54, 1.807) is 0 Å². The molecule has 1 aromatic heterocycles. The van der Waals surface area contributed by atoms with E-state index in [-0.39, 0.29) is 6.07 Å². The summed E-state index contributed by atoms with van der Waals surface area (Å²) in [5, 5.41) is 0. The lowest BCUT2D eigenvalue weighted by atomic mass is 10.1. The summed E-state index contributed by atoms with van der Waals surface area (Å²) in [5.41, 5.74) is 6.37. The van der Waals surface area contributed by atoms with Gasteiger partial charge in [0.25, 0.3) is 0 Å². The number of rotatable bonds is 0. The minimum absolute atomic E-state index is 0.155. The molecule has 0 saturated carbocycles. The molecule has 1 heterocycles. The fourth-order valence-corrected chi connectivity index (χ4v) is 0.997. The predicted molar refractivity (Wildman–Crippen MR) is 43.1 cm³/mol. The summed E-state index contributed by atoms with van der Waals surface area (Å²) in [7, 11) is 0. The molecule has 0 fully saturated rings. The standard InChI is InChI=1S/C7H5F6N3/c8-6(9,10)2-1-3(7(11,12)13)5(15)16-4(2)14/h1H,(H4,14,15,16). The quantitative estimate of drug-likeness (QED) is 0.689. The van der Waals surface area contributed by atoms with E-state index in [2.05, 4.69) is 4.98 Å². The van der Waals surface area contributed by atoms with E-state index in [9.17, 15) is 26.3 Å². The van der Waals surface area contributed by atoms with E-state index in [1.807, 2.05) is 0 Å². The van der Waals surface area contributed by atoms with Crippen molar-refractivity contribution < 1.29 is 26.3 Å². The second-order valence-corrected chi connectivity index (χ2v) is 2.85. The van der Waals surface area contributed by atoms with Gasteiger partial charge in [-0.2, -0.15) is 26.3 Å². The SMILES string of the molecule is Nc1nc(N)c(C(F)(F)F)cc1C(F)(F)F. The Balaban J connectivity index is 3.45. The van der Waals surface area contributed by atoms with Gasteiger partial charge in [0.05, 0.1) is 11.1 Å². The Morgan fingerprint density at radius 2 is 1.12 bits per heavy atom. The molecule has 0 saturated heterocycles. The Morgan fingerprint density at radius 1 is 0.812 bits per heavy atom. The van der Waals surface area contributed by atoms with E-state index in [4.69, 9.17) is 11.5 Å². The van der Waals surface area contributed by atoms with Gasteiger partial charge < -0.3 is 11.5 Å². The van der Waals surface area contributed by atoms with E-state index >= 15 is 0 Å². The largest absolute Gasteiger partial charge is 0.419 e. The first-order valence-electron chi connectivity index (χ1n) is 3.74. The third kappa shape index (κ3) is 2.28. The van der Waals surface area contributed by atoms with Crippen LogP contribution in [0.4, 0.5) is 38.0 Å². The third-order valence-corrected chi connectivity index (χ3v) is 1.69. The second-order valence-electron chi connectivity index (χ2n) is 2.85. The molecule has 3 nitrogen and oxygen atoms in total. The molecule has 1 aromatic rings. The lowest BCUT2D eigenvalue weighted by Crippen LogP contribution is -2.17. The molecule has 0 aliphatic carbocycles. The van der Waals surface area contributed by atoms with Gasteiger partial charge in [-0.1, -0.05) is 0 Å². The number of anilines is 2. The van der Waals surface area contributed by atoms with E-state index in [0.29, 0.717) is 0 Å². The topological polar surface area (TPSA) is 64.9 Å². The zero-order valence-corrected chi connectivity index (χ0v) is 7.45. The number of pyridine rings is 1. The molecule has 16 heavy (non-hydrogen) atoms. The maximum atomic E-state index is 12.2. The third-order valence-electron chi connectivity index (χ3n) is 1.69. The van der Waals surface area contributed by atoms with Crippen LogP contribution in [0.2, 0.25) is 0 Å². The summed E-state index contributed by atoms with van der Waals surface area (Å²) in [6, 6.07) is -0.155. The van der Waals surface area contributed by atoms with Crippen molar-refractivity contribution in [3.63, 3.8) is 0 Å². The zero-order chi connectivity index (χ0) is 12.7. The summed E-state index contributed by atoms with van der Waals surface area (Å²) in [4.78, 5) is 2.82. The highest BCUT2D eigenvalue weighted by molar-refractivity contribution is 5.53. The van der Waals surface area contributed by atoms with Crippen LogP contribution in [0.1, 0.15) is 11.1 Å². The number of alkyl halides is 6. The fraction of sp³-hybridized carbons (Fsp3) is 0.286. The molecule has 0 radical (unpaired) electrons. The second kappa shape index (κ2) is 3.42. The molecule has 0 aliphatic rings. The van der Waals surface area contributed by atoms with Crippen LogP contribution in [-0.4, -0.2) is 4.98 Å². The molecule has 0 unspecified atom stereocenters. The van der Waals surface area contributed by atoms with Crippen LogP contribution in [0.5, 0.6) is 0 Å². The van der Waals surface area contributed by atoms with Crippen LogP contribution in [0.15, 0.2) is 6.07 Å². The van der Waals surface area contributed by atoms with Crippen molar-refractivity contribution in [2.75, 3.05) is 11.5 Å². The smallest absolute Gasteiger partial charge is 0.383 e. The van der Waals surface area contributed by atoms with Crippen LogP contribution >= 0.6 is 0 Å². The minimum Gasteiger partial charge on any atom is -0.383 e. The lowest BCUT2D eigenvalue weighted by molar-refractivity contribution is -0.142. The first-order valence-corrected chi connectivity index (χ1v) is 3.74. The number of halogens is 6. The predicted octanol–water partition coefficient (Wildman–Crippen LogP) is 2.28. The Labute approximate surface area is 85.1 Å². The van der Waals surface area contributed by atoms with Crippen LogP contribution in [0, 0.1) is 0 Å². The molecular weight excluding hydrogens is 240 g/mol. The molecular formula is C7H5F6N3. The molecule has 0 amide bonds. The number of nitrogen functional groups attached to an aromatic ring is 2. The minimum atomic E-state index is -5.01. The van der Waals surface area contributed by atoms with Gasteiger partial charge in [-0.15, -0.1) is 0 Å². The molecule has 0 bridgehead atoms. The Hall–Kier alpha value is -1.67. The van der Waals surface area contributed by atoms with Crippen molar-refractivity contribution in [1.82, 2.24) is 4.98 Å². The fourth-order valence-electron chi connectivity index (χ4n) is 0.997. The van der Waals surface area contributed by atoms with Gasteiger partial charge in [0.1, 0.15) is 11.6 Å². The highest BCUT2D eigenvalue weighted by Crippen LogP contribution is 2.39. The van der Waals surface area contributed by atoms with Gasteiger partial charge in [-0.25, -0.2) is 4.98 Å². The van der Waals surface area contributed by atoms with E-state index < -0.39 is 35.1 Å². The molecule has 0 aromatic carbocycles. The molecule has 9 heteroatoms. The molecule has 0 atom stereocenters. The van der Waals surface area contributed by atoms with Gasteiger partial charge in [0.2, 0.25) is 0 Å². The highest BCUT2D eigenvalue weighted by Gasteiger charge is 2.40. The summed E-state index contributed by atoms with van der Waals surface area (Å²) in [6.45, 7) is 0. The lowest BCUT2D eigenvalue weighted by Gasteiger charge is -2.14. The molecule has 4 N–H and O–H groups in total. The van der Waals surface area contributed by atoms with Crippen molar-refractivity contribution in [3.05, 3.63) is 17.2 Å². The van der Waals surface area contributed by atoms with Gasteiger partial charge in [-0.3, -0.25) is 0 Å². The normalized spacial score (nSPS) is 12.9. The van der Waals surface area contributed by atoms with Crippen LogP contribution in [0.3, 0.4) is 0 Å². The molecule has 1 rings (SSSR count). The monoisotopic (exact) mass is 245 g/mol. The van der Waals surface area contributed by atoms with Crippen molar-refractivity contribution in [3.8, 4) is 0 Å². The summed E-state index contributed by atoms with van der Waals surface area (Å²) in [5.74, 6) is -2.17. The maximum Gasteiger partial charge on any atom is 0.419 e. The summed E-state index contributed by atoms with van der Waals surface area (Å²) in [6.07, 6.45) is -10.0. The van der Waals surface area contributed by atoms with Gasteiger partial charge in [0.15, 0.2) is 0 Å². The number of hydrogen-bond acceptors (Lipinski definition) is 3. The summed E-state index contributed by atoms with van der Waals surface area (Å²) < 4.78 is 73.3. The average molecular weight is 245 g/mol. The summed E-state index contributed by atoms with van der Waals surface area (Å²) >= 11 is 0. The first-order chi connectivity index (χ1) is 7.03. The van der Waals surface area contributed by atoms with Crippen molar-refractivity contribution in [1.29, 1.82) is 0 Å². The maximum absolute atomic E-state index is 12.2. The van der Waals surface area contributed by atoms with Crippen molar-refractivity contribution in [2.45, 2.75) is 12.4 Å². The Morgan fingerprint density at radius 3 is 1.38 bits per heavy atom. The highest BCUT2D eigenvalue weighted by atomic mass is 19.4. The van der Waals surface area contributed by atoms with Gasteiger partial charge in [0, 0.05) is 0 Å². The van der Waals surface area contributed by atoms with Crippen LogP contribution in [-0.2, 0) is 12.4 Å². The van der Waals surface area contributed by atoms with Gasteiger partial charge in [-0.05, 0) is 6.07 Å². The van der Waals surface area contributed by atoms with Crippen LogP contribution < -0.4 is 11.5 Å². The average Bonchev–Trinajstić information content (AvgIpc) is 1.97.